The molecule has 0 spiro atoms. The fraction of sp³-hybridized carbons (Fsp3) is 0.0400. The molecular formula is C25H15NO2. The second-order valence-electron chi connectivity index (χ2n) is 6.85. The van der Waals surface area contributed by atoms with Gasteiger partial charge in [-0.25, -0.2) is 4.79 Å². The SMILES string of the molecule is N#Cc1ccc(C(=O)OCc2ccc3ccc4cccc5ccc2c3c45)cc1. The van der Waals surface area contributed by atoms with E-state index in [1.807, 2.05) is 12.1 Å². The maximum absolute atomic E-state index is 12.4. The summed E-state index contributed by atoms with van der Waals surface area (Å²) in [6.07, 6.45) is 0. The largest absolute Gasteiger partial charge is 0.457 e. The van der Waals surface area contributed by atoms with Crippen LogP contribution in [-0.2, 0) is 11.3 Å². The van der Waals surface area contributed by atoms with Crippen LogP contribution >= 0.6 is 0 Å². The third-order valence-corrected chi connectivity index (χ3v) is 5.23. The van der Waals surface area contributed by atoms with Crippen LogP contribution in [0.3, 0.4) is 0 Å². The quantitative estimate of drug-likeness (QED) is 0.301. The highest BCUT2D eigenvalue weighted by Crippen LogP contribution is 2.36. The van der Waals surface area contributed by atoms with Gasteiger partial charge in [0.25, 0.3) is 0 Å². The van der Waals surface area contributed by atoms with Gasteiger partial charge in [-0.15, -0.1) is 0 Å². The summed E-state index contributed by atoms with van der Waals surface area (Å²) in [5.74, 6) is -0.393. The Hall–Kier alpha value is -3.90. The monoisotopic (exact) mass is 361 g/mol. The fourth-order valence-electron chi connectivity index (χ4n) is 3.83. The number of carbonyl (C=O) groups is 1. The topological polar surface area (TPSA) is 50.1 Å². The zero-order valence-corrected chi connectivity index (χ0v) is 15.0. The van der Waals surface area contributed by atoms with E-state index in [2.05, 4.69) is 48.5 Å². The number of hydrogen-bond acceptors (Lipinski definition) is 3. The molecular weight excluding hydrogens is 346 g/mol. The van der Waals surface area contributed by atoms with E-state index in [0.717, 1.165) is 10.9 Å². The lowest BCUT2D eigenvalue weighted by Crippen LogP contribution is -2.05. The van der Waals surface area contributed by atoms with E-state index in [1.54, 1.807) is 24.3 Å². The standard InChI is InChI=1S/C25H15NO2/c26-14-16-4-6-20(7-5-16)25(27)28-15-21-11-10-19-9-8-17-2-1-3-18-12-13-22(21)24(19)23(17)18/h1-13H,15H2. The van der Waals surface area contributed by atoms with Crippen molar-refractivity contribution in [2.75, 3.05) is 0 Å². The molecule has 0 fully saturated rings. The van der Waals surface area contributed by atoms with Crippen LogP contribution in [0, 0.1) is 11.3 Å². The first-order valence-corrected chi connectivity index (χ1v) is 9.07. The minimum absolute atomic E-state index is 0.201. The molecule has 0 heterocycles. The van der Waals surface area contributed by atoms with Gasteiger partial charge in [-0.2, -0.15) is 5.26 Å². The second kappa shape index (κ2) is 6.37. The molecule has 0 bridgehead atoms. The van der Waals surface area contributed by atoms with Crippen molar-refractivity contribution >= 4 is 38.3 Å². The van der Waals surface area contributed by atoms with Crippen molar-refractivity contribution in [1.82, 2.24) is 0 Å². The van der Waals surface area contributed by atoms with Gasteiger partial charge < -0.3 is 4.74 Å². The first-order valence-electron chi connectivity index (χ1n) is 9.07. The van der Waals surface area contributed by atoms with Crippen molar-refractivity contribution in [3.63, 3.8) is 0 Å². The summed E-state index contributed by atoms with van der Waals surface area (Å²) in [5.41, 5.74) is 1.94. The van der Waals surface area contributed by atoms with E-state index < -0.39 is 5.97 Å². The number of hydrogen-bond donors (Lipinski definition) is 0. The lowest BCUT2D eigenvalue weighted by Gasteiger charge is -2.14. The molecule has 0 atom stereocenters. The first-order chi connectivity index (χ1) is 13.7. The van der Waals surface area contributed by atoms with Gasteiger partial charge in [-0.3, -0.25) is 0 Å². The Morgan fingerprint density at radius 2 is 1.43 bits per heavy atom. The molecule has 0 unspecified atom stereocenters. The predicted molar refractivity (Wildman–Crippen MR) is 110 cm³/mol. The van der Waals surface area contributed by atoms with Crippen molar-refractivity contribution in [3.8, 4) is 6.07 Å². The van der Waals surface area contributed by atoms with Gasteiger partial charge in [-0.05, 0) is 62.1 Å². The highest BCUT2D eigenvalue weighted by atomic mass is 16.5. The molecule has 0 aliphatic carbocycles. The van der Waals surface area contributed by atoms with E-state index in [1.165, 1.54) is 26.9 Å². The molecule has 3 heteroatoms. The number of benzene rings is 5. The average molecular weight is 361 g/mol. The fourth-order valence-corrected chi connectivity index (χ4v) is 3.83. The predicted octanol–water partition coefficient (Wildman–Crippen LogP) is 5.81. The highest BCUT2D eigenvalue weighted by molar-refractivity contribution is 6.23. The first kappa shape index (κ1) is 16.3. The Morgan fingerprint density at radius 1 is 0.786 bits per heavy atom. The molecule has 0 saturated heterocycles. The summed E-state index contributed by atoms with van der Waals surface area (Å²) >= 11 is 0. The summed E-state index contributed by atoms with van der Waals surface area (Å²) in [7, 11) is 0. The minimum Gasteiger partial charge on any atom is -0.457 e. The number of esters is 1. The van der Waals surface area contributed by atoms with Crippen LogP contribution in [0.25, 0.3) is 32.3 Å². The highest BCUT2D eigenvalue weighted by Gasteiger charge is 2.13. The van der Waals surface area contributed by atoms with Crippen LogP contribution in [0.5, 0.6) is 0 Å². The molecule has 0 aliphatic heterocycles. The maximum atomic E-state index is 12.4. The summed E-state index contributed by atoms with van der Waals surface area (Å²) in [5, 5.41) is 16.0. The molecule has 28 heavy (non-hydrogen) atoms. The zero-order valence-electron chi connectivity index (χ0n) is 15.0. The van der Waals surface area contributed by atoms with Crippen LogP contribution in [-0.4, -0.2) is 5.97 Å². The van der Waals surface area contributed by atoms with E-state index in [4.69, 9.17) is 10.00 Å². The van der Waals surface area contributed by atoms with Crippen LogP contribution in [0.15, 0.2) is 78.9 Å². The van der Waals surface area contributed by atoms with Crippen molar-refractivity contribution in [3.05, 3.63) is 95.6 Å². The molecule has 5 aromatic carbocycles. The third kappa shape index (κ3) is 2.55. The number of ether oxygens (including phenoxy) is 1. The molecule has 0 aromatic heterocycles. The number of rotatable bonds is 3. The van der Waals surface area contributed by atoms with Gasteiger partial charge in [-0.1, -0.05) is 54.6 Å². The number of nitrogens with zero attached hydrogens (tertiary/aromatic N) is 1. The molecule has 5 aromatic rings. The summed E-state index contributed by atoms with van der Waals surface area (Å²) in [6, 6.07) is 27.4. The van der Waals surface area contributed by atoms with Gasteiger partial charge in [0.05, 0.1) is 17.2 Å². The maximum Gasteiger partial charge on any atom is 0.338 e. The molecule has 3 nitrogen and oxygen atoms in total. The van der Waals surface area contributed by atoms with Crippen LogP contribution < -0.4 is 0 Å². The van der Waals surface area contributed by atoms with E-state index >= 15 is 0 Å². The molecule has 0 N–H and O–H groups in total. The molecule has 5 rings (SSSR count). The van der Waals surface area contributed by atoms with Crippen LogP contribution in [0.2, 0.25) is 0 Å². The molecule has 0 aliphatic rings. The smallest absolute Gasteiger partial charge is 0.338 e. The normalized spacial score (nSPS) is 11.1. The summed E-state index contributed by atoms with van der Waals surface area (Å²) in [4.78, 5) is 12.4. The molecule has 0 amide bonds. The van der Waals surface area contributed by atoms with Gasteiger partial charge in [0, 0.05) is 0 Å². The zero-order chi connectivity index (χ0) is 19.1. The van der Waals surface area contributed by atoms with Crippen LogP contribution in [0.4, 0.5) is 0 Å². The van der Waals surface area contributed by atoms with E-state index in [9.17, 15) is 4.79 Å². The summed E-state index contributed by atoms with van der Waals surface area (Å²) in [6.45, 7) is 0.201. The van der Waals surface area contributed by atoms with E-state index in [0.29, 0.717) is 11.1 Å². The van der Waals surface area contributed by atoms with Crippen molar-refractivity contribution in [2.24, 2.45) is 0 Å². The average Bonchev–Trinajstić information content (AvgIpc) is 2.76. The van der Waals surface area contributed by atoms with Gasteiger partial charge in [0.1, 0.15) is 6.61 Å². The Balaban J connectivity index is 1.52. The van der Waals surface area contributed by atoms with Crippen molar-refractivity contribution in [2.45, 2.75) is 6.61 Å². The minimum atomic E-state index is -0.393. The van der Waals surface area contributed by atoms with Gasteiger partial charge >= 0.3 is 5.97 Å². The van der Waals surface area contributed by atoms with E-state index in [-0.39, 0.29) is 6.61 Å². The second-order valence-corrected chi connectivity index (χ2v) is 6.85. The number of carbonyl (C=O) groups excluding carboxylic acids is 1. The van der Waals surface area contributed by atoms with Crippen molar-refractivity contribution in [1.29, 1.82) is 5.26 Å². The molecule has 0 radical (unpaired) electrons. The number of nitriles is 1. The lowest BCUT2D eigenvalue weighted by molar-refractivity contribution is 0.0474. The van der Waals surface area contributed by atoms with Gasteiger partial charge in [0.15, 0.2) is 0 Å². The summed E-state index contributed by atoms with van der Waals surface area (Å²) < 4.78 is 5.56. The Labute approximate surface area is 161 Å². The van der Waals surface area contributed by atoms with Crippen LogP contribution in [0.1, 0.15) is 21.5 Å². The third-order valence-electron chi connectivity index (χ3n) is 5.23. The molecule has 0 saturated carbocycles. The lowest BCUT2D eigenvalue weighted by atomic mass is 9.92. The Kier molecular flexibility index (Phi) is 3.70. The Bertz CT molecular complexity index is 1360. The molecule has 132 valence electrons. The van der Waals surface area contributed by atoms with Gasteiger partial charge in [0.2, 0.25) is 0 Å². The Morgan fingerprint density at radius 3 is 2.14 bits per heavy atom. The van der Waals surface area contributed by atoms with Crippen molar-refractivity contribution < 1.29 is 9.53 Å².